The molecule has 0 aromatic carbocycles. The molecule has 0 saturated carbocycles. The van der Waals surface area contributed by atoms with Crippen molar-refractivity contribution >= 4 is 17.3 Å². The Kier molecular flexibility index (Phi) is 6.48. The Morgan fingerprint density at radius 1 is 1.56 bits per heavy atom. The van der Waals surface area contributed by atoms with Crippen LogP contribution in [0.1, 0.15) is 29.5 Å². The molecule has 1 aromatic heterocycles. The van der Waals surface area contributed by atoms with Gasteiger partial charge in [0.25, 0.3) is 0 Å². The highest BCUT2D eigenvalue weighted by molar-refractivity contribution is 7.12. The van der Waals surface area contributed by atoms with Crippen molar-refractivity contribution in [3.8, 4) is 12.3 Å². The SMILES string of the molecule is C#CC(CCC)NCc1ccc(CC(=O)OC)s1. The van der Waals surface area contributed by atoms with Gasteiger partial charge in [0.05, 0.1) is 19.6 Å². The largest absolute Gasteiger partial charge is 0.469 e. The molecule has 18 heavy (non-hydrogen) atoms. The van der Waals surface area contributed by atoms with E-state index in [0.717, 1.165) is 24.3 Å². The number of nitrogens with one attached hydrogen (secondary N) is 1. The number of thiophene rings is 1. The fourth-order valence-electron chi connectivity index (χ4n) is 1.58. The lowest BCUT2D eigenvalue weighted by Crippen LogP contribution is -2.26. The molecule has 0 saturated heterocycles. The summed E-state index contributed by atoms with van der Waals surface area (Å²) in [6.07, 6.45) is 7.84. The molecule has 0 aliphatic heterocycles. The smallest absolute Gasteiger partial charge is 0.310 e. The summed E-state index contributed by atoms with van der Waals surface area (Å²) in [7, 11) is 1.40. The zero-order valence-corrected chi connectivity index (χ0v) is 11.7. The Morgan fingerprint density at radius 3 is 2.89 bits per heavy atom. The van der Waals surface area contributed by atoms with Crippen molar-refractivity contribution in [3.05, 3.63) is 21.9 Å². The Hall–Kier alpha value is -1.31. The molecule has 0 amide bonds. The summed E-state index contributed by atoms with van der Waals surface area (Å²) in [6.45, 7) is 2.87. The third kappa shape index (κ3) is 4.91. The third-order valence-corrected chi connectivity index (χ3v) is 3.65. The summed E-state index contributed by atoms with van der Waals surface area (Å²) in [5.41, 5.74) is 0. The summed E-state index contributed by atoms with van der Waals surface area (Å²) in [6, 6.07) is 4.11. The van der Waals surface area contributed by atoms with Crippen LogP contribution in [0, 0.1) is 12.3 Å². The molecule has 98 valence electrons. The first kappa shape index (κ1) is 14.7. The molecule has 0 radical (unpaired) electrons. The van der Waals surface area contributed by atoms with E-state index in [1.54, 1.807) is 11.3 Å². The second-order valence-corrected chi connectivity index (χ2v) is 5.26. The van der Waals surface area contributed by atoms with Crippen molar-refractivity contribution in [3.63, 3.8) is 0 Å². The van der Waals surface area contributed by atoms with Crippen LogP contribution in [0.5, 0.6) is 0 Å². The van der Waals surface area contributed by atoms with Gasteiger partial charge in [-0.2, -0.15) is 0 Å². The van der Waals surface area contributed by atoms with E-state index < -0.39 is 0 Å². The number of hydrogen-bond acceptors (Lipinski definition) is 4. The number of terminal acetylenes is 1. The summed E-state index contributed by atoms with van der Waals surface area (Å²) >= 11 is 1.62. The van der Waals surface area contributed by atoms with Crippen LogP contribution in [0.25, 0.3) is 0 Å². The van der Waals surface area contributed by atoms with E-state index in [4.69, 9.17) is 6.42 Å². The summed E-state index contributed by atoms with van der Waals surface area (Å²) in [4.78, 5) is 13.3. The number of carbonyl (C=O) groups is 1. The predicted molar refractivity (Wildman–Crippen MR) is 74.4 cm³/mol. The highest BCUT2D eigenvalue weighted by atomic mass is 32.1. The molecule has 0 fully saturated rings. The van der Waals surface area contributed by atoms with Gasteiger partial charge in [-0.3, -0.25) is 10.1 Å². The number of carbonyl (C=O) groups excluding carboxylic acids is 1. The first-order chi connectivity index (χ1) is 8.69. The van der Waals surface area contributed by atoms with Crippen molar-refractivity contribution in [1.29, 1.82) is 0 Å². The molecule has 0 aliphatic carbocycles. The van der Waals surface area contributed by atoms with E-state index >= 15 is 0 Å². The van der Waals surface area contributed by atoms with E-state index in [1.807, 2.05) is 12.1 Å². The molecule has 1 aromatic rings. The van der Waals surface area contributed by atoms with Gasteiger partial charge in [-0.25, -0.2) is 0 Å². The molecule has 3 nitrogen and oxygen atoms in total. The zero-order valence-electron chi connectivity index (χ0n) is 10.9. The van der Waals surface area contributed by atoms with E-state index in [9.17, 15) is 4.79 Å². The third-order valence-electron chi connectivity index (χ3n) is 2.56. The van der Waals surface area contributed by atoms with Crippen molar-refractivity contribution in [2.75, 3.05) is 7.11 Å². The maximum atomic E-state index is 11.1. The van der Waals surface area contributed by atoms with Crippen LogP contribution in [0.2, 0.25) is 0 Å². The van der Waals surface area contributed by atoms with Crippen LogP contribution in [0.4, 0.5) is 0 Å². The lowest BCUT2D eigenvalue weighted by molar-refractivity contribution is -0.139. The summed E-state index contributed by atoms with van der Waals surface area (Å²) in [5, 5.41) is 3.33. The standard InChI is InChI=1S/C14H19NO2S/c1-4-6-11(5-2)15-10-13-8-7-12(18-13)9-14(16)17-3/h2,7-8,11,15H,4,6,9-10H2,1,3H3. The van der Waals surface area contributed by atoms with Crippen molar-refractivity contribution < 1.29 is 9.53 Å². The molecule has 1 N–H and O–H groups in total. The fourth-order valence-corrected chi connectivity index (χ4v) is 2.54. The monoisotopic (exact) mass is 265 g/mol. The number of rotatable bonds is 7. The van der Waals surface area contributed by atoms with Crippen LogP contribution in [-0.4, -0.2) is 19.1 Å². The second kappa shape index (κ2) is 7.91. The maximum Gasteiger partial charge on any atom is 0.310 e. The number of hydrogen-bond donors (Lipinski definition) is 1. The Balaban J connectivity index is 2.44. The van der Waals surface area contributed by atoms with E-state index in [2.05, 4.69) is 22.9 Å². The predicted octanol–water partition coefficient (Wildman–Crippen LogP) is 2.36. The normalized spacial score (nSPS) is 11.8. The molecule has 0 aliphatic rings. The van der Waals surface area contributed by atoms with Gasteiger partial charge in [0.1, 0.15) is 0 Å². The lowest BCUT2D eigenvalue weighted by Gasteiger charge is -2.10. The van der Waals surface area contributed by atoms with E-state index in [0.29, 0.717) is 6.42 Å². The topological polar surface area (TPSA) is 38.3 Å². The number of esters is 1. The fraction of sp³-hybridized carbons (Fsp3) is 0.500. The van der Waals surface area contributed by atoms with Gasteiger partial charge in [0.15, 0.2) is 0 Å². The van der Waals surface area contributed by atoms with Gasteiger partial charge in [0, 0.05) is 16.3 Å². The molecular weight excluding hydrogens is 246 g/mol. The van der Waals surface area contributed by atoms with Crippen LogP contribution >= 0.6 is 11.3 Å². The Labute approximate surface area is 113 Å². The van der Waals surface area contributed by atoms with Crippen molar-refractivity contribution in [2.45, 2.75) is 38.8 Å². The van der Waals surface area contributed by atoms with Gasteiger partial charge < -0.3 is 4.74 Å². The van der Waals surface area contributed by atoms with Crippen LogP contribution in [-0.2, 0) is 22.5 Å². The van der Waals surface area contributed by atoms with Crippen molar-refractivity contribution in [2.24, 2.45) is 0 Å². The molecule has 1 unspecified atom stereocenters. The molecule has 1 heterocycles. The Bertz CT molecular complexity index is 420. The minimum absolute atomic E-state index is 0.126. The summed E-state index contributed by atoms with van der Waals surface area (Å²) < 4.78 is 4.64. The quantitative estimate of drug-likeness (QED) is 0.607. The van der Waals surface area contributed by atoms with Gasteiger partial charge in [-0.05, 0) is 18.6 Å². The van der Waals surface area contributed by atoms with E-state index in [1.165, 1.54) is 12.0 Å². The van der Waals surface area contributed by atoms with Gasteiger partial charge in [-0.1, -0.05) is 19.3 Å². The highest BCUT2D eigenvalue weighted by Crippen LogP contribution is 2.17. The Morgan fingerprint density at radius 2 is 2.28 bits per heavy atom. The molecule has 1 rings (SSSR count). The molecule has 0 bridgehead atoms. The maximum absolute atomic E-state index is 11.1. The van der Waals surface area contributed by atoms with Crippen LogP contribution < -0.4 is 5.32 Å². The average molecular weight is 265 g/mol. The highest BCUT2D eigenvalue weighted by Gasteiger charge is 2.07. The molecule has 4 heteroatoms. The zero-order chi connectivity index (χ0) is 13.4. The first-order valence-corrected chi connectivity index (χ1v) is 6.85. The molecular formula is C14H19NO2S. The first-order valence-electron chi connectivity index (χ1n) is 6.03. The van der Waals surface area contributed by atoms with Gasteiger partial charge >= 0.3 is 5.97 Å². The number of ether oxygens (including phenoxy) is 1. The minimum Gasteiger partial charge on any atom is -0.469 e. The average Bonchev–Trinajstić information content (AvgIpc) is 2.81. The summed E-state index contributed by atoms with van der Waals surface area (Å²) in [5.74, 6) is 2.54. The van der Waals surface area contributed by atoms with Crippen LogP contribution in [0.15, 0.2) is 12.1 Å². The lowest BCUT2D eigenvalue weighted by atomic mass is 10.2. The number of methoxy groups -OCH3 is 1. The van der Waals surface area contributed by atoms with E-state index in [-0.39, 0.29) is 12.0 Å². The second-order valence-electron chi connectivity index (χ2n) is 4.01. The van der Waals surface area contributed by atoms with Gasteiger partial charge in [-0.15, -0.1) is 17.8 Å². The molecule has 0 spiro atoms. The minimum atomic E-state index is -0.205. The molecule has 1 atom stereocenters. The van der Waals surface area contributed by atoms with Crippen molar-refractivity contribution in [1.82, 2.24) is 5.32 Å². The van der Waals surface area contributed by atoms with Gasteiger partial charge in [0.2, 0.25) is 0 Å². The van der Waals surface area contributed by atoms with Crippen LogP contribution in [0.3, 0.4) is 0 Å².